The van der Waals surface area contributed by atoms with Crippen LogP contribution in [0, 0.1) is 5.92 Å². The molecule has 1 amide bonds. The number of aromatic nitrogens is 1. The standard InChI is InChI=1S/C21H27N3O2/c1-16-8-11-24(12-9-16)19-13-18(14-22-15-19)21(25)23-10-7-17-3-5-20(26-2)6-4-17/h3-6,13-16H,7-12H2,1-2H3,(H,23,25). The summed E-state index contributed by atoms with van der Waals surface area (Å²) in [4.78, 5) is 19.0. The first kappa shape index (κ1) is 18.2. The predicted octanol–water partition coefficient (Wildman–Crippen LogP) is 3.30. The summed E-state index contributed by atoms with van der Waals surface area (Å²) in [6.45, 7) is 4.95. The zero-order valence-corrected chi connectivity index (χ0v) is 15.6. The first-order valence-corrected chi connectivity index (χ1v) is 9.27. The Kier molecular flexibility index (Phi) is 6.10. The van der Waals surface area contributed by atoms with Crippen molar-refractivity contribution in [1.29, 1.82) is 0 Å². The number of piperidine rings is 1. The molecule has 1 aromatic heterocycles. The molecule has 138 valence electrons. The van der Waals surface area contributed by atoms with Gasteiger partial charge >= 0.3 is 0 Å². The van der Waals surface area contributed by atoms with Crippen molar-refractivity contribution in [2.75, 3.05) is 31.6 Å². The maximum atomic E-state index is 12.4. The van der Waals surface area contributed by atoms with Gasteiger partial charge in [0.1, 0.15) is 5.75 Å². The van der Waals surface area contributed by atoms with Crippen LogP contribution in [-0.2, 0) is 6.42 Å². The quantitative estimate of drug-likeness (QED) is 0.866. The van der Waals surface area contributed by atoms with Crippen LogP contribution < -0.4 is 15.0 Å². The van der Waals surface area contributed by atoms with Crippen LogP contribution in [0.2, 0.25) is 0 Å². The Hall–Kier alpha value is -2.56. The van der Waals surface area contributed by atoms with Crippen LogP contribution in [0.1, 0.15) is 35.7 Å². The number of nitrogens with zero attached hydrogens (tertiary/aromatic N) is 2. The fraction of sp³-hybridized carbons (Fsp3) is 0.429. The van der Waals surface area contributed by atoms with Gasteiger partial charge in [-0.3, -0.25) is 9.78 Å². The first-order valence-electron chi connectivity index (χ1n) is 9.27. The van der Waals surface area contributed by atoms with Crippen molar-refractivity contribution in [3.63, 3.8) is 0 Å². The van der Waals surface area contributed by atoms with Gasteiger partial charge < -0.3 is 15.0 Å². The Bertz CT molecular complexity index is 722. The van der Waals surface area contributed by atoms with Crippen molar-refractivity contribution in [2.45, 2.75) is 26.2 Å². The maximum absolute atomic E-state index is 12.4. The van der Waals surface area contributed by atoms with Crippen molar-refractivity contribution >= 4 is 11.6 Å². The molecule has 5 heteroatoms. The number of benzene rings is 1. The predicted molar refractivity (Wildman–Crippen MR) is 104 cm³/mol. The minimum absolute atomic E-state index is 0.0711. The van der Waals surface area contributed by atoms with Crippen LogP contribution in [0.3, 0.4) is 0 Å². The molecule has 0 spiro atoms. The Morgan fingerprint density at radius 3 is 2.65 bits per heavy atom. The van der Waals surface area contributed by atoms with Gasteiger partial charge in [-0.25, -0.2) is 0 Å². The van der Waals surface area contributed by atoms with Gasteiger partial charge in [0.2, 0.25) is 0 Å². The number of ether oxygens (including phenoxy) is 1. The molecule has 26 heavy (non-hydrogen) atoms. The Morgan fingerprint density at radius 2 is 1.96 bits per heavy atom. The summed E-state index contributed by atoms with van der Waals surface area (Å²) in [5, 5.41) is 2.98. The van der Waals surface area contributed by atoms with Gasteiger partial charge in [0.25, 0.3) is 5.91 Å². The van der Waals surface area contributed by atoms with Gasteiger partial charge in [0.15, 0.2) is 0 Å². The van der Waals surface area contributed by atoms with Gasteiger partial charge in [0, 0.05) is 25.8 Å². The first-order chi connectivity index (χ1) is 12.7. The third-order valence-corrected chi connectivity index (χ3v) is 4.99. The summed E-state index contributed by atoms with van der Waals surface area (Å²) in [7, 11) is 1.65. The second kappa shape index (κ2) is 8.70. The van der Waals surface area contributed by atoms with Gasteiger partial charge in [-0.05, 0) is 48.9 Å². The summed E-state index contributed by atoms with van der Waals surface area (Å²) in [6, 6.07) is 9.86. The number of carbonyl (C=O) groups is 1. The molecule has 2 aromatic rings. The van der Waals surface area contributed by atoms with E-state index in [4.69, 9.17) is 4.74 Å². The molecule has 0 bridgehead atoms. The molecule has 1 fully saturated rings. The summed E-state index contributed by atoms with van der Waals surface area (Å²) >= 11 is 0. The van der Waals surface area contributed by atoms with E-state index in [1.165, 1.54) is 18.4 Å². The number of amides is 1. The molecule has 2 heterocycles. The van der Waals surface area contributed by atoms with Gasteiger partial charge in [-0.2, -0.15) is 0 Å². The van der Waals surface area contributed by atoms with Gasteiger partial charge in [-0.15, -0.1) is 0 Å². The Labute approximate surface area is 155 Å². The van der Waals surface area contributed by atoms with Crippen molar-refractivity contribution < 1.29 is 9.53 Å². The summed E-state index contributed by atoms with van der Waals surface area (Å²) in [5.74, 6) is 1.55. The smallest absolute Gasteiger partial charge is 0.252 e. The lowest BCUT2D eigenvalue weighted by Crippen LogP contribution is -2.33. The number of anilines is 1. The average Bonchev–Trinajstić information content (AvgIpc) is 2.69. The lowest BCUT2D eigenvalue weighted by atomic mass is 9.99. The molecule has 1 aromatic carbocycles. The molecule has 1 aliphatic heterocycles. The van der Waals surface area contributed by atoms with E-state index >= 15 is 0 Å². The monoisotopic (exact) mass is 353 g/mol. The molecule has 5 nitrogen and oxygen atoms in total. The summed E-state index contributed by atoms with van der Waals surface area (Å²) in [5.41, 5.74) is 2.83. The normalized spacial score (nSPS) is 14.9. The lowest BCUT2D eigenvalue weighted by molar-refractivity contribution is 0.0954. The van der Waals surface area contributed by atoms with Crippen LogP contribution >= 0.6 is 0 Å². The highest BCUT2D eigenvalue weighted by Gasteiger charge is 2.17. The number of hydrogen-bond donors (Lipinski definition) is 1. The van der Waals surface area contributed by atoms with Crippen LogP contribution in [0.15, 0.2) is 42.7 Å². The topological polar surface area (TPSA) is 54.5 Å². The lowest BCUT2D eigenvalue weighted by Gasteiger charge is -2.32. The van der Waals surface area contributed by atoms with Gasteiger partial charge in [0.05, 0.1) is 24.6 Å². The summed E-state index contributed by atoms with van der Waals surface area (Å²) < 4.78 is 5.16. The van der Waals surface area contributed by atoms with Crippen molar-refractivity contribution in [2.24, 2.45) is 5.92 Å². The van der Waals surface area contributed by atoms with Crippen molar-refractivity contribution in [1.82, 2.24) is 10.3 Å². The second-order valence-corrected chi connectivity index (χ2v) is 6.96. The van der Waals surface area contributed by atoms with E-state index in [-0.39, 0.29) is 5.91 Å². The number of hydrogen-bond acceptors (Lipinski definition) is 4. The highest BCUT2D eigenvalue weighted by molar-refractivity contribution is 5.94. The molecule has 0 atom stereocenters. The fourth-order valence-corrected chi connectivity index (χ4v) is 3.21. The molecule has 3 rings (SSSR count). The van der Waals surface area contributed by atoms with Crippen molar-refractivity contribution in [3.8, 4) is 5.75 Å². The summed E-state index contributed by atoms with van der Waals surface area (Å²) in [6.07, 6.45) is 6.66. The molecule has 0 unspecified atom stereocenters. The number of nitrogens with one attached hydrogen (secondary N) is 1. The highest BCUT2D eigenvalue weighted by Crippen LogP contribution is 2.22. The van der Waals surface area contributed by atoms with E-state index in [9.17, 15) is 4.79 Å². The van der Waals surface area contributed by atoms with E-state index < -0.39 is 0 Å². The SMILES string of the molecule is COc1ccc(CCNC(=O)c2cncc(N3CCC(C)CC3)c2)cc1. The van der Waals surface area contributed by atoms with E-state index in [2.05, 4.69) is 22.1 Å². The zero-order valence-electron chi connectivity index (χ0n) is 15.6. The number of pyridine rings is 1. The maximum Gasteiger partial charge on any atom is 0.252 e. The molecule has 1 N–H and O–H groups in total. The zero-order chi connectivity index (χ0) is 18.4. The number of carbonyl (C=O) groups excluding carboxylic acids is 1. The molecule has 0 radical (unpaired) electrons. The number of methoxy groups -OCH3 is 1. The van der Waals surface area contributed by atoms with Crippen LogP contribution in [0.25, 0.3) is 0 Å². The Balaban J connectivity index is 1.53. The van der Waals surface area contributed by atoms with E-state index in [0.29, 0.717) is 12.1 Å². The molecule has 0 saturated carbocycles. The van der Waals surface area contributed by atoms with Crippen LogP contribution in [0.4, 0.5) is 5.69 Å². The van der Waals surface area contributed by atoms with Gasteiger partial charge in [-0.1, -0.05) is 19.1 Å². The molecule has 1 saturated heterocycles. The fourth-order valence-electron chi connectivity index (χ4n) is 3.21. The largest absolute Gasteiger partial charge is 0.497 e. The molecule has 1 aliphatic rings. The molecule has 0 aliphatic carbocycles. The van der Waals surface area contributed by atoms with Crippen LogP contribution in [-0.4, -0.2) is 37.6 Å². The third-order valence-electron chi connectivity index (χ3n) is 4.99. The Morgan fingerprint density at radius 1 is 1.23 bits per heavy atom. The number of rotatable bonds is 6. The van der Waals surface area contributed by atoms with E-state index in [1.54, 1.807) is 13.3 Å². The minimum atomic E-state index is -0.0711. The van der Waals surface area contributed by atoms with Crippen LogP contribution in [0.5, 0.6) is 5.75 Å². The van der Waals surface area contributed by atoms with Crippen molar-refractivity contribution in [3.05, 3.63) is 53.9 Å². The molecular weight excluding hydrogens is 326 g/mol. The average molecular weight is 353 g/mol. The second-order valence-electron chi connectivity index (χ2n) is 6.96. The molecular formula is C21H27N3O2. The van der Waals surface area contributed by atoms with E-state index in [0.717, 1.165) is 36.9 Å². The highest BCUT2D eigenvalue weighted by atomic mass is 16.5. The minimum Gasteiger partial charge on any atom is -0.497 e. The van der Waals surface area contributed by atoms with E-state index in [1.807, 2.05) is 36.5 Å². The third kappa shape index (κ3) is 4.75.